The molecule has 0 aliphatic rings. The molecule has 0 unspecified atom stereocenters. The minimum Gasteiger partial charge on any atom is -0.438 e. The van der Waals surface area contributed by atoms with Crippen molar-refractivity contribution >= 4 is 11.6 Å². The topological polar surface area (TPSA) is 81.9 Å². The molecule has 0 spiro atoms. The van der Waals surface area contributed by atoms with Gasteiger partial charge < -0.3 is 10.1 Å². The molecular weight excluding hydrogens is 390 g/mol. The van der Waals surface area contributed by atoms with Crippen molar-refractivity contribution in [2.45, 2.75) is 26.7 Å². The van der Waals surface area contributed by atoms with E-state index < -0.39 is 0 Å². The van der Waals surface area contributed by atoms with Crippen LogP contribution in [0.1, 0.15) is 23.2 Å². The summed E-state index contributed by atoms with van der Waals surface area (Å²) < 4.78 is 7.39. The van der Waals surface area contributed by atoms with Crippen molar-refractivity contribution in [1.29, 1.82) is 0 Å². The van der Waals surface area contributed by atoms with E-state index in [1.165, 1.54) is 5.56 Å². The molecule has 2 aromatic carbocycles. The molecular formula is C24H23N5O2. The molecule has 0 aliphatic heterocycles. The first kappa shape index (κ1) is 20.3. The molecule has 0 atom stereocenters. The number of carbonyl (C=O) groups is 1. The highest BCUT2D eigenvalue weighted by atomic mass is 16.5. The Morgan fingerprint density at radius 2 is 1.84 bits per heavy atom. The third kappa shape index (κ3) is 5.54. The van der Waals surface area contributed by atoms with Crippen LogP contribution in [0.4, 0.5) is 5.69 Å². The molecule has 0 fully saturated rings. The monoisotopic (exact) mass is 413 g/mol. The van der Waals surface area contributed by atoms with E-state index in [2.05, 4.69) is 26.7 Å². The summed E-state index contributed by atoms with van der Waals surface area (Å²) in [6, 6.07) is 20.8. The highest BCUT2D eigenvalue weighted by molar-refractivity contribution is 5.90. The maximum Gasteiger partial charge on any atom is 0.238 e. The number of aryl methyl sites for hydroxylation is 3. The van der Waals surface area contributed by atoms with Gasteiger partial charge in [0.05, 0.1) is 5.69 Å². The molecule has 0 radical (unpaired) electrons. The molecule has 4 rings (SSSR count). The Hall–Kier alpha value is -4.00. The maximum atomic E-state index is 12.2. The van der Waals surface area contributed by atoms with Crippen molar-refractivity contribution in [2.24, 2.45) is 0 Å². The van der Waals surface area contributed by atoms with Crippen molar-refractivity contribution in [1.82, 2.24) is 20.0 Å². The lowest BCUT2D eigenvalue weighted by Gasteiger charge is -2.08. The molecule has 0 aliphatic carbocycles. The van der Waals surface area contributed by atoms with Gasteiger partial charge in [-0.3, -0.25) is 4.79 Å². The second kappa shape index (κ2) is 9.21. The first-order chi connectivity index (χ1) is 15.0. The van der Waals surface area contributed by atoms with E-state index in [1.54, 1.807) is 41.1 Å². The van der Waals surface area contributed by atoms with E-state index in [4.69, 9.17) is 4.74 Å². The fourth-order valence-corrected chi connectivity index (χ4v) is 3.11. The fourth-order valence-electron chi connectivity index (χ4n) is 3.11. The second-order valence-corrected chi connectivity index (χ2v) is 7.30. The lowest BCUT2D eigenvalue weighted by atomic mass is 10.1. The second-order valence-electron chi connectivity index (χ2n) is 7.30. The number of aromatic nitrogens is 4. The average molecular weight is 413 g/mol. The van der Waals surface area contributed by atoms with Gasteiger partial charge in [0.2, 0.25) is 11.8 Å². The standard InChI is InChI=1S/C24H23N5O2/c1-17-4-3-5-19(16-17)6-12-23(30)25-20-7-9-21(10-8-20)31-24-13-11-22(26-27-24)29-15-14-18(2)28-29/h3-5,7-11,13-16H,6,12H2,1-2H3,(H,25,30). The molecule has 7 nitrogen and oxygen atoms in total. The number of ether oxygens (including phenoxy) is 1. The lowest BCUT2D eigenvalue weighted by Crippen LogP contribution is -2.12. The van der Waals surface area contributed by atoms with Crippen molar-refractivity contribution in [2.75, 3.05) is 5.32 Å². The van der Waals surface area contributed by atoms with E-state index in [1.807, 2.05) is 44.3 Å². The predicted molar refractivity (Wildman–Crippen MR) is 119 cm³/mol. The van der Waals surface area contributed by atoms with Gasteiger partial charge >= 0.3 is 0 Å². The number of nitrogens with one attached hydrogen (secondary N) is 1. The first-order valence-corrected chi connectivity index (χ1v) is 10.0. The number of rotatable bonds is 7. The average Bonchev–Trinajstić information content (AvgIpc) is 3.21. The molecule has 0 saturated heterocycles. The van der Waals surface area contributed by atoms with Crippen LogP contribution in [0.3, 0.4) is 0 Å². The number of anilines is 1. The van der Waals surface area contributed by atoms with Gasteiger partial charge in [-0.25, -0.2) is 4.68 Å². The molecule has 2 heterocycles. The third-order valence-electron chi connectivity index (χ3n) is 4.67. The van der Waals surface area contributed by atoms with Crippen molar-refractivity contribution in [3.63, 3.8) is 0 Å². The number of carbonyl (C=O) groups excluding carboxylic acids is 1. The minimum atomic E-state index is -0.0227. The molecule has 1 amide bonds. The zero-order valence-electron chi connectivity index (χ0n) is 17.4. The van der Waals surface area contributed by atoms with Gasteiger partial charge in [-0.2, -0.15) is 5.10 Å². The molecule has 156 valence electrons. The van der Waals surface area contributed by atoms with Crippen LogP contribution in [0.5, 0.6) is 11.6 Å². The minimum absolute atomic E-state index is 0.0227. The van der Waals surface area contributed by atoms with E-state index in [0.29, 0.717) is 30.3 Å². The van der Waals surface area contributed by atoms with Gasteiger partial charge in [-0.05, 0) is 62.2 Å². The van der Waals surface area contributed by atoms with E-state index in [-0.39, 0.29) is 5.91 Å². The largest absolute Gasteiger partial charge is 0.438 e. The smallest absolute Gasteiger partial charge is 0.238 e. The van der Waals surface area contributed by atoms with Gasteiger partial charge in [0, 0.05) is 24.4 Å². The summed E-state index contributed by atoms with van der Waals surface area (Å²) in [4.78, 5) is 12.2. The van der Waals surface area contributed by atoms with Crippen LogP contribution in [0.2, 0.25) is 0 Å². The lowest BCUT2D eigenvalue weighted by molar-refractivity contribution is -0.116. The highest BCUT2D eigenvalue weighted by Crippen LogP contribution is 2.21. The Labute approximate surface area is 180 Å². The first-order valence-electron chi connectivity index (χ1n) is 10.0. The molecule has 0 bridgehead atoms. The molecule has 7 heteroatoms. The summed E-state index contributed by atoms with van der Waals surface area (Å²) in [5.41, 5.74) is 3.99. The normalized spacial score (nSPS) is 10.6. The van der Waals surface area contributed by atoms with Crippen LogP contribution >= 0.6 is 0 Å². The van der Waals surface area contributed by atoms with E-state index in [0.717, 1.165) is 16.9 Å². The summed E-state index contributed by atoms with van der Waals surface area (Å²) in [7, 11) is 0. The number of hydrogen-bond acceptors (Lipinski definition) is 5. The van der Waals surface area contributed by atoms with Crippen molar-refractivity contribution in [3.05, 3.63) is 89.7 Å². The van der Waals surface area contributed by atoms with Gasteiger partial charge in [0.25, 0.3) is 0 Å². The summed E-state index contributed by atoms with van der Waals surface area (Å²) in [6.45, 7) is 3.96. The predicted octanol–water partition coefficient (Wildman–Crippen LogP) is 4.64. The van der Waals surface area contributed by atoms with Gasteiger partial charge in [-0.1, -0.05) is 29.8 Å². The Bertz CT molecular complexity index is 1170. The molecule has 0 saturated carbocycles. The van der Waals surface area contributed by atoms with Crippen LogP contribution in [0.25, 0.3) is 5.82 Å². The zero-order valence-corrected chi connectivity index (χ0v) is 17.4. The van der Waals surface area contributed by atoms with Gasteiger partial charge in [0.15, 0.2) is 5.82 Å². The van der Waals surface area contributed by atoms with Crippen LogP contribution in [0.15, 0.2) is 72.9 Å². The third-order valence-corrected chi connectivity index (χ3v) is 4.67. The highest BCUT2D eigenvalue weighted by Gasteiger charge is 2.06. The quantitative estimate of drug-likeness (QED) is 0.477. The molecule has 4 aromatic rings. The molecule has 2 aromatic heterocycles. The number of benzene rings is 2. The van der Waals surface area contributed by atoms with Crippen molar-refractivity contribution < 1.29 is 9.53 Å². The zero-order chi connectivity index (χ0) is 21.6. The van der Waals surface area contributed by atoms with Crippen LogP contribution in [0, 0.1) is 13.8 Å². The van der Waals surface area contributed by atoms with Crippen LogP contribution in [-0.4, -0.2) is 25.9 Å². The molecule has 31 heavy (non-hydrogen) atoms. The Morgan fingerprint density at radius 3 is 2.52 bits per heavy atom. The van der Waals surface area contributed by atoms with Crippen molar-refractivity contribution in [3.8, 4) is 17.4 Å². The van der Waals surface area contributed by atoms with E-state index in [9.17, 15) is 4.79 Å². The van der Waals surface area contributed by atoms with Gasteiger partial charge in [0.1, 0.15) is 5.75 Å². The number of nitrogens with zero attached hydrogens (tertiary/aromatic N) is 4. The summed E-state index contributed by atoms with van der Waals surface area (Å²) in [5, 5.41) is 15.4. The van der Waals surface area contributed by atoms with E-state index >= 15 is 0 Å². The number of amides is 1. The SMILES string of the molecule is Cc1cccc(CCC(=O)Nc2ccc(Oc3ccc(-n4ccc(C)n4)nn3)cc2)c1. The summed E-state index contributed by atoms with van der Waals surface area (Å²) in [6.07, 6.45) is 2.97. The Kier molecular flexibility index (Phi) is 6.03. The molecule has 1 N–H and O–H groups in total. The van der Waals surface area contributed by atoms with Crippen LogP contribution in [-0.2, 0) is 11.2 Å². The summed E-state index contributed by atoms with van der Waals surface area (Å²) in [5.74, 6) is 1.58. The number of hydrogen-bond donors (Lipinski definition) is 1. The summed E-state index contributed by atoms with van der Waals surface area (Å²) >= 11 is 0. The van der Waals surface area contributed by atoms with Gasteiger partial charge in [-0.15, -0.1) is 10.2 Å². The fraction of sp³-hybridized carbons (Fsp3) is 0.167. The Morgan fingerprint density at radius 1 is 1.00 bits per heavy atom. The maximum absolute atomic E-state index is 12.2. The Balaban J connectivity index is 1.30. The van der Waals surface area contributed by atoms with Crippen LogP contribution < -0.4 is 10.1 Å².